The molecular formula is C15H14ClN3O5S. The summed E-state index contributed by atoms with van der Waals surface area (Å²) < 4.78 is 5.09. The summed E-state index contributed by atoms with van der Waals surface area (Å²) >= 11 is 7.26. The topological polar surface area (TPSA) is 111 Å². The third kappa shape index (κ3) is 6.05. The number of urea groups is 1. The Hall–Kier alpha value is -2.65. The second-order valence-corrected chi connectivity index (χ2v) is 6.26. The molecule has 25 heavy (non-hydrogen) atoms. The van der Waals surface area contributed by atoms with E-state index in [0.717, 1.165) is 10.9 Å². The fourth-order valence-electron chi connectivity index (χ4n) is 1.86. The van der Waals surface area contributed by atoms with Crippen LogP contribution in [0.25, 0.3) is 0 Å². The molecule has 0 aliphatic rings. The largest absolute Gasteiger partial charge is 0.477 e. The van der Waals surface area contributed by atoms with Crippen LogP contribution in [0, 0.1) is 10.1 Å². The molecule has 1 heterocycles. The van der Waals surface area contributed by atoms with E-state index in [1.54, 1.807) is 11.3 Å². The van der Waals surface area contributed by atoms with Gasteiger partial charge in [0.1, 0.15) is 0 Å². The van der Waals surface area contributed by atoms with Crippen molar-refractivity contribution in [3.63, 3.8) is 0 Å². The van der Waals surface area contributed by atoms with E-state index in [4.69, 9.17) is 16.3 Å². The highest BCUT2D eigenvalue weighted by atomic mass is 35.5. The monoisotopic (exact) mass is 383 g/mol. The van der Waals surface area contributed by atoms with Crippen LogP contribution in [-0.4, -0.2) is 30.0 Å². The smallest absolute Gasteiger partial charge is 0.321 e. The molecule has 1 aromatic carbocycles. The molecule has 0 saturated carbocycles. The van der Waals surface area contributed by atoms with Gasteiger partial charge < -0.3 is 10.1 Å². The Balaban J connectivity index is 1.76. The highest BCUT2D eigenvalue weighted by molar-refractivity contribution is 7.09. The number of thiophene rings is 1. The summed E-state index contributed by atoms with van der Waals surface area (Å²) in [6, 6.07) is 7.01. The maximum absolute atomic E-state index is 11.7. The predicted molar refractivity (Wildman–Crippen MR) is 93.2 cm³/mol. The van der Waals surface area contributed by atoms with E-state index in [-0.39, 0.29) is 16.5 Å². The molecule has 0 atom stereocenters. The number of imide groups is 1. The first-order chi connectivity index (χ1) is 12.0. The van der Waals surface area contributed by atoms with Gasteiger partial charge in [0.05, 0.1) is 4.92 Å². The standard InChI is InChI=1S/C15H14ClN3O5S/c16-10-3-4-13(12(8-10)19(22)23)24-9-14(20)18-15(21)17-6-5-11-2-1-7-25-11/h1-4,7-8H,5-6,9H2,(H2,17,18,20,21). The molecule has 0 saturated heterocycles. The summed E-state index contributed by atoms with van der Waals surface area (Å²) in [5.41, 5.74) is -0.360. The van der Waals surface area contributed by atoms with Gasteiger partial charge in [0, 0.05) is 22.5 Å². The number of hydrogen-bond acceptors (Lipinski definition) is 6. The molecule has 3 amide bonds. The van der Waals surface area contributed by atoms with Crippen molar-refractivity contribution in [1.29, 1.82) is 0 Å². The Morgan fingerprint density at radius 3 is 2.80 bits per heavy atom. The lowest BCUT2D eigenvalue weighted by atomic mass is 10.3. The number of hydrogen-bond donors (Lipinski definition) is 2. The van der Waals surface area contributed by atoms with E-state index >= 15 is 0 Å². The number of carbonyl (C=O) groups is 2. The van der Waals surface area contributed by atoms with E-state index in [9.17, 15) is 19.7 Å². The third-order valence-electron chi connectivity index (χ3n) is 2.97. The molecule has 0 aliphatic heterocycles. The highest BCUT2D eigenvalue weighted by Crippen LogP contribution is 2.29. The van der Waals surface area contributed by atoms with Gasteiger partial charge in [-0.2, -0.15) is 0 Å². The summed E-state index contributed by atoms with van der Waals surface area (Å²) in [5.74, 6) is -0.833. The van der Waals surface area contributed by atoms with Gasteiger partial charge in [-0.15, -0.1) is 11.3 Å². The van der Waals surface area contributed by atoms with Gasteiger partial charge in [-0.25, -0.2) is 4.79 Å². The number of nitro benzene ring substituents is 1. The molecule has 2 rings (SSSR count). The number of nitrogens with one attached hydrogen (secondary N) is 2. The zero-order valence-corrected chi connectivity index (χ0v) is 14.4. The van der Waals surface area contributed by atoms with Crippen LogP contribution in [0.15, 0.2) is 35.7 Å². The number of benzene rings is 1. The Labute approximate surface area is 151 Å². The van der Waals surface area contributed by atoms with E-state index in [0.29, 0.717) is 13.0 Å². The van der Waals surface area contributed by atoms with Crippen molar-refractivity contribution < 1.29 is 19.2 Å². The van der Waals surface area contributed by atoms with Crippen LogP contribution in [0.5, 0.6) is 5.75 Å². The maximum atomic E-state index is 11.7. The van der Waals surface area contributed by atoms with Crippen LogP contribution in [0.2, 0.25) is 5.02 Å². The summed E-state index contributed by atoms with van der Waals surface area (Å²) in [6.45, 7) is -0.163. The molecule has 0 bridgehead atoms. The molecule has 10 heteroatoms. The fourth-order valence-corrected chi connectivity index (χ4v) is 2.73. The first kappa shape index (κ1) is 18.7. The Bertz CT molecular complexity index is 767. The van der Waals surface area contributed by atoms with Crippen LogP contribution in [0.1, 0.15) is 4.88 Å². The number of halogens is 1. The van der Waals surface area contributed by atoms with Crippen LogP contribution in [0.3, 0.4) is 0 Å². The molecule has 1 aromatic heterocycles. The second-order valence-electron chi connectivity index (χ2n) is 4.79. The molecule has 0 radical (unpaired) electrons. The number of rotatable bonds is 7. The van der Waals surface area contributed by atoms with Crippen LogP contribution in [-0.2, 0) is 11.2 Å². The second kappa shape index (κ2) is 9.00. The predicted octanol–water partition coefficient (Wildman–Crippen LogP) is 2.76. The Morgan fingerprint density at radius 2 is 2.12 bits per heavy atom. The molecule has 132 valence electrons. The van der Waals surface area contributed by atoms with Gasteiger partial charge in [-0.1, -0.05) is 17.7 Å². The van der Waals surface area contributed by atoms with Gasteiger partial charge in [0.25, 0.3) is 5.91 Å². The first-order valence-corrected chi connectivity index (χ1v) is 8.38. The highest BCUT2D eigenvalue weighted by Gasteiger charge is 2.17. The lowest BCUT2D eigenvalue weighted by molar-refractivity contribution is -0.385. The summed E-state index contributed by atoms with van der Waals surface area (Å²) in [7, 11) is 0. The van der Waals surface area contributed by atoms with E-state index in [2.05, 4.69) is 10.6 Å². The fraction of sp³-hybridized carbons (Fsp3) is 0.200. The molecule has 2 N–H and O–H groups in total. The summed E-state index contributed by atoms with van der Waals surface area (Å²) in [4.78, 5) is 34.6. The molecule has 0 aliphatic carbocycles. The SMILES string of the molecule is O=C(COc1ccc(Cl)cc1[N+](=O)[O-])NC(=O)NCCc1cccs1. The van der Waals surface area contributed by atoms with Crippen molar-refractivity contribution in [2.24, 2.45) is 0 Å². The van der Waals surface area contributed by atoms with Gasteiger partial charge >= 0.3 is 11.7 Å². The molecule has 8 nitrogen and oxygen atoms in total. The van der Waals surface area contributed by atoms with Crippen molar-refractivity contribution in [3.8, 4) is 5.75 Å². The molecule has 0 unspecified atom stereocenters. The van der Waals surface area contributed by atoms with Crippen LogP contribution < -0.4 is 15.4 Å². The van der Waals surface area contributed by atoms with Crippen LogP contribution in [0.4, 0.5) is 10.5 Å². The third-order valence-corrected chi connectivity index (χ3v) is 4.14. The van der Waals surface area contributed by atoms with E-state index in [1.165, 1.54) is 12.1 Å². The van der Waals surface area contributed by atoms with E-state index < -0.39 is 23.5 Å². The minimum Gasteiger partial charge on any atom is -0.477 e. The lowest BCUT2D eigenvalue weighted by Gasteiger charge is -2.08. The average Bonchev–Trinajstić information content (AvgIpc) is 3.06. The Morgan fingerprint density at radius 1 is 1.32 bits per heavy atom. The summed E-state index contributed by atoms with van der Waals surface area (Å²) in [6.07, 6.45) is 0.659. The number of nitrogens with zero attached hydrogens (tertiary/aromatic N) is 1. The quantitative estimate of drug-likeness (QED) is 0.564. The van der Waals surface area contributed by atoms with Crippen LogP contribution >= 0.6 is 22.9 Å². The van der Waals surface area contributed by atoms with E-state index in [1.807, 2.05) is 17.5 Å². The van der Waals surface area contributed by atoms with Crippen molar-refractivity contribution >= 4 is 40.6 Å². The summed E-state index contributed by atoms with van der Waals surface area (Å²) in [5, 5.41) is 17.7. The normalized spacial score (nSPS) is 10.1. The van der Waals surface area contributed by atoms with Gasteiger partial charge in [-0.05, 0) is 30.0 Å². The van der Waals surface area contributed by atoms with Gasteiger partial charge in [0.2, 0.25) is 0 Å². The lowest BCUT2D eigenvalue weighted by Crippen LogP contribution is -2.42. The number of nitro groups is 1. The molecule has 0 fully saturated rings. The maximum Gasteiger partial charge on any atom is 0.321 e. The minimum atomic E-state index is -0.724. The van der Waals surface area contributed by atoms with Crippen molar-refractivity contribution in [2.45, 2.75) is 6.42 Å². The number of ether oxygens (including phenoxy) is 1. The zero-order chi connectivity index (χ0) is 18.2. The van der Waals surface area contributed by atoms with Crippen molar-refractivity contribution in [2.75, 3.05) is 13.2 Å². The van der Waals surface area contributed by atoms with Crippen molar-refractivity contribution in [3.05, 3.63) is 55.7 Å². The molecular weight excluding hydrogens is 370 g/mol. The number of amides is 3. The molecule has 0 spiro atoms. The molecule has 2 aromatic rings. The Kier molecular flexibility index (Phi) is 6.72. The van der Waals surface area contributed by atoms with Gasteiger partial charge in [0.15, 0.2) is 12.4 Å². The average molecular weight is 384 g/mol. The minimum absolute atomic E-state index is 0.109. The number of carbonyl (C=O) groups excluding carboxylic acids is 2. The van der Waals surface area contributed by atoms with Gasteiger partial charge in [-0.3, -0.25) is 20.2 Å². The first-order valence-electron chi connectivity index (χ1n) is 7.12. The van der Waals surface area contributed by atoms with Crippen molar-refractivity contribution in [1.82, 2.24) is 10.6 Å². The zero-order valence-electron chi connectivity index (χ0n) is 12.9.